The molecule has 0 aliphatic carbocycles. The number of hydrogen-bond acceptors (Lipinski definition) is 3. The molecule has 0 aliphatic rings. The van der Waals surface area contributed by atoms with Crippen LogP contribution in [0.5, 0.6) is 0 Å². The number of tetrazole rings is 1. The zero-order valence-electron chi connectivity index (χ0n) is 7.76. The monoisotopic (exact) mass is 202 g/mol. The zero-order chi connectivity index (χ0) is 10.7. The van der Waals surface area contributed by atoms with Crippen molar-refractivity contribution >= 4 is 0 Å². The highest BCUT2D eigenvalue weighted by Crippen LogP contribution is 2.16. The first-order valence-electron chi connectivity index (χ1n) is 4.27. The topological polar surface area (TPSA) is 43.6 Å². The molecule has 2 rings (SSSR count). The van der Waals surface area contributed by atoms with E-state index in [1.54, 1.807) is 12.1 Å². The molecule has 15 heavy (non-hydrogen) atoms. The molecule has 74 valence electrons. The maximum absolute atomic E-state index is 13.0. The van der Waals surface area contributed by atoms with Crippen molar-refractivity contribution in [3.63, 3.8) is 0 Å². The molecule has 5 heteroatoms. The van der Waals surface area contributed by atoms with E-state index in [0.717, 1.165) is 0 Å². The van der Waals surface area contributed by atoms with Gasteiger partial charge in [0.1, 0.15) is 12.4 Å². The van der Waals surface area contributed by atoms with Gasteiger partial charge in [-0.1, -0.05) is 18.1 Å². The van der Waals surface area contributed by atoms with E-state index < -0.39 is 0 Å². The predicted octanol–water partition coefficient (Wildman–Crippen LogP) is 1.11. The summed E-state index contributed by atoms with van der Waals surface area (Å²) in [6.07, 6.45) is 5.16. The van der Waals surface area contributed by atoms with Crippen LogP contribution in [-0.4, -0.2) is 20.2 Å². The standard InChI is InChI=1S/C10H7FN4/c1-2-6-15-10(12-13-14-15)8-4-3-5-9(11)7-8/h1,3-5,7H,6H2. The molecule has 0 bridgehead atoms. The summed E-state index contributed by atoms with van der Waals surface area (Å²) in [5, 5.41) is 11.0. The lowest BCUT2D eigenvalue weighted by Gasteiger charge is -2.00. The Kier molecular flexibility index (Phi) is 2.42. The first-order chi connectivity index (χ1) is 7.31. The molecule has 0 amide bonds. The maximum Gasteiger partial charge on any atom is 0.183 e. The van der Waals surface area contributed by atoms with Gasteiger partial charge in [-0.15, -0.1) is 11.5 Å². The molecule has 0 N–H and O–H groups in total. The van der Waals surface area contributed by atoms with E-state index in [-0.39, 0.29) is 12.4 Å². The van der Waals surface area contributed by atoms with Gasteiger partial charge in [0.2, 0.25) is 0 Å². The molecule has 1 heterocycles. The molecule has 4 nitrogen and oxygen atoms in total. The molecule has 0 atom stereocenters. The van der Waals surface area contributed by atoms with Crippen LogP contribution in [0.2, 0.25) is 0 Å². The van der Waals surface area contributed by atoms with Crippen molar-refractivity contribution in [2.75, 3.05) is 0 Å². The molecule has 0 radical (unpaired) electrons. The molecule has 0 saturated carbocycles. The van der Waals surface area contributed by atoms with Crippen LogP contribution in [-0.2, 0) is 6.54 Å². The number of terminal acetylenes is 1. The van der Waals surface area contributed by atoms with Gasteiger partial charge in [-0.3, -0.25) is 0 Å². The van der Waals surface area contributed by atoms with Crippen LogP contribution in [0.15, 0.2) is 24.3 Å². The van der Waals surface area contributed by atoms with Crippen LogP contribution < -0.4 is 0 Å². The summed E-state index contributed by atoms with van der Waals surface area (Å²) in [7, 11) is 0. The Bertz CT molecular complexity index is 512. The van der Waals surface area contributed by atoms with Gasteiger partial charge in [0.15, 0.2) is 5.82 Å². The highest BCUT2D eigenvalue weighted by molar-refractivity contribution is 5.54. The summed E-state index contributed by atoms with van der Waals surface area (Å²) in [4.78, 5) is 0. The van der Waals surface area contributed by atoms with Crippen molar-refractivity contribution in [1.82, 2.24) is 20.2 Å². The maximum atomic E-state index is 13.0. The number of aromatic nitrogens is 4. The number of rotatable bonds is 2. The molecule has 0 aliphatic heterocycles. The smallest absolute Gasteiger partial charge is 0.183 e. The Morgan fingerprint density at radius 3 is 3.07 bits per heavy atom. The van der Waals surface area contributed by atoms with Crippen LogP contribution in [0.25, 0.3) is 11.4 Å². The number of hydrogen-bond donors (Lipinski definition) is 0. The van der Waals surface area contributed by atoms with Gasteiger partial charge in [-0.2, -0.15) is 0 Å². The quantitative estimate of drug-likeness (QED) is 0.685. The van der Waals surface area contributed by atoms with Crippen molar-refractivity contribution < 1.29 is 4.39 Å². The van der Waals surface area contributed by atoms with E-state index in [4.69, 9.17) is 6.42 Å². The lowest BCUT2D eigenvalue weighted by molar-refractivity contribution is 0.627. The minimum atomic E-state index is -0.331. The third-order valence-electron chi connectivity index (χ3n) is 1.86. The van der Waals surface area contributed by atoms with Crippen molar-refractivity contribution in [3.05, 3.63) is 30.1 Å². The Morgan fingerprint density at radius 1 is 1.47 bits per heavy atom. The second-order valence-corrected chi connectivity index (χ2v) is 2.87. The fraction of sp³-hybridized carbons (Fsp3) is 0.100. The lowest BCUT2D eigenvalue weighted by atomic mass is 10.2. The van der Waals surface area contributed by atoms with E-state index in [2.05, 4.69) is 21.4 Å². The van der Waals surface area contributed by atoms with Crippen LogP contribution in [0, 0.1) is 18.2 Å². The van der Waals surface area contributed by atoms with Gasteiger partial charge < -0.3 is 0 Å². The van der Waals surface area contributed by atoms with E-state index in [1.807, 2.05) is 0 Å². The summed E-state index contributed by atoms with van der Waals surface area (Å²) < 4.78 is 14.4. The minimum Gasteiger partial charge on any atom is -0.213 e. The van der Waals surface area contributed by atoms with Crippen LogP contribution in [0.3, 0.4) is 0 Å². The number of halogens is 1. The first-order valence-corrected chi connectivity index (χ1v) is 4.27. The van der Waals surface area contributed by atoms with E-state index in [0.29, 0.717) is 11.4 Å². The Labute approximate surface area is 85.7 Å². The van der Waals surface area contributed by atoms with Crippen LogP contribution in [0.4, 0.5) is 4.39 Å². The molecular weight excluding hydrogens is 195 g/mol. The normalized spacial score (nSPS) is 9.87. The lowest BCUT2D eigenvalue weighted by Crippen LogP contribution is -2.01. The summed E-state index contributed by atoms with van der Waals surface area (Å²) >= 11 is 0. The Balaban J connectivity index is 2.45. The number of nitrogens with zero attached hydrogens (tertiary/aromatic N) is 4. The predicted molar refractivity (Wildman–Crippen MR) is 52.0 cm³/mol. The third kappa shape index (κ3) is 1.83. The SMILES string of the molecule is C#CCn1nnnc1-c1cccc(F)c1. The zero-order valence-corrected chi connectivity index (χ0v) is 7.76. The average molecular weight is 202 g/mol. The summed E-state index contributed by atoms with van der Waals surface area (Å²) in [6, 6.07) is 6.04. The third-order valence-corrected chi connectivity index (χ3v) is 1.86. The summed E-state index contributed by atoms with van der Waals surface area (Å²) in [5.41, 5.74) is 0.607. The van der Waals surface area contributed by atoms with Crippen LogP contribution >= 0.6 is 0 Å². The average Bonchev–Trinajstić information content (AvgIpc) is 2.66. The van der Waals surface area contributed by atoms with Gasteiger partial charge in [-0.05, 0) is 22.6 Å². The number of benzene rings is 1. The van der Waals surface area contributed by atoms with E-state index >= 15 is 0 Å². The molecule has 0 spiro atoms. The minimum absolute atomic E-state index is 0.263. The van der Waals surface area contributed by atoms with Crippen molar-refractivity contribution in [2.45, 2.75) is 6.54 Å². The second kappa shape index (κ2) is 3.88. The van der Waals surface area contributed by atoms with Crippen molar-refractivity contribution in [1.29, 1.82) is 0 Å². The van der Waals surface area contributed by atoms with Gasteiger partial charge in [0, 0.05) is 5.56 Å². The van der Waals surface area contributed by atoms with Gasteiger partial charge in [0.25, 0.3) is 0 Å². The highest BCUT2D eigenvalue weighted by Gasteiger charge is 2.07. The first kappa shape index (κ1) is 9.34. The Morgan fingerprint density at radius 2 is 2.33 bits per heavy atom. The summed E-state index contributed by atoms with van der Waals surface area (Å²) in [6.45, 7) is 0.263. The molecule has 0 saturated heterocycles. The van der Waals surface area contributed by atoms with E-state index in [9.17, 15) is 4.39 Å². The molecule has 2 aromatic rings. The van der Waals surface area contributed by atoms with E-state index in [1.165, 1.54) is 16.8 Å². The van der Waals surface area contributed by atoms with Crippen molar-refractivity contribution in [2.24, 2.45) is 0 Å². The summed E-state index contributed by atoms with van der Waals surface area (Å²) in [5.74, 6) is 2.56. The van der Waals surface area contributed by atoms with Crippen molar-refractivity contribution in [3.8, 4) is 23.7 Å². The van der Waals surface area contributed by atoms with Crippen LogP contribution in [0.1, 0.15) is 0 Å². The van der Waals surface area contributed by atoms with Gasteiger partial charge in [-0.25, -0.2) is 9.07 Å². The molecule has 0 fully saturated rings. The molecule has 1 aromatic carbocycles. The molecule has 0 unspecified atom stereocenters. The largest absolute Gasteiger partial charge is 0.213 e. The van der Waals surface area contributed by atoms with Gasteiger partial charge >= 0.3 is 0 Å². The highest BCUT2D eigenvalue weighted by atomic mass is 19.1. The molecule has 1 aromatic heterocycles. The molecular formula is C10H7FN4. The fourth-order valence-electron chi connectivity index (χ4n) is 1.23. The second-order valence-electron chi connectivity index (χ2n) is 2.87. The fourth-order valence-corrected chi connectivity index (χ4v) is 1.23. The van der Waals surface area contributed by atoms with Gasteiger partial charge in [0.05, 0.1) is 0 Å². The Hall–Kier alpha value is -2.22.